The quantitative estimate of drug-likeness (QED) is 0.800. The third-order valence-electron chi connectivity index (χ3n) is 2.67. The molecule has 0 amide bonds. The van der Waals surface area contributed by atoms with Crippen LogP contribution in [0, 0.1) is 0 Å². The van der Waals surface area contributed by atoms with Crippen LogP contribution in [0.1, 0.15) is 30.6 Å². The molecule has 5 nitrogen and oxygen atoms in total. The van der Waals surface area contributed by atoms with Gasteiger partial charge in [0.05, 0.1) is 18.2 Å². The molecule has 5 heteroatoms. The molecule has 1 aromatic rings. The van der Waals surface area contributed by atoms with Gasteiger partial charge in [-0.3, -0.25) is 9.69 Å². The van der Waals surface area contributed by atoms with Gasteiger partial charge in [-0.05, 0) is 26.9 Å². The minimum Gasteiger partial charge on any atom is -0.480 e. The summed E-state index contributed by atoms with van der Waals surface area (Å²) in [5, 5.41) is 9.16. The molecule has 0 saturated heterocycles. The van der Waals surface area contributed by atoms with Crippen LogP contribution in [0.4, 0.5) is 0 Å². The molecule has 0 radical (unpaired) electrons. The van der Waals surface area contributed by atoms with Crippen molar-refractivity contribution in [1.82, 2.24) is 14.5 Å². The lowest BCUT2D eigenvalue weighted by Gasteiger charge is -2.21. The Morgan fingerprint density at radius 2 is 2.33 bits per heavy atom. The Morgan fingerprint density at radius 1 is 1.67 bits per heavy atom. The predicted octanol–water partition coefficient (Wildman–Crippen LogP) is 0.905. The molecule has 82 valence electrons. The van der Waals surface area contributed by atoms with E-state index in [-0.39, 0.29) is 0 Å². The zero-order valence-electron chi connectivity index (χ0n) is 8.92. The summed E-state index contributed by atoms with van der Waals surface area (Å²) in [6.45, 7) is 0. The molecule has 1 unspecified atom stereocenters. The maximum atomic E-state index is 11.2. The van der Waals surface area contributed by atoms with Crippen LogP contribution in [-0.2, 0) is 4.79 Å². The molecule has 1 atom stereocenters. The molecule has 1 aromatic heterocycles. The summed E-state index contributed by atoms with van der Waals surface area (Å²) in [7, 11) is 3.53. The van der Waals surface area contributed by atoms with E-state index in [0.29, 0.717) is 6.04 Å². The molecule has 15 heavy (non-hydrogen) atoms. The average Bonchev–Trinajstić information content (AvgIpc) is 2.87. The number of hydrogen-bond donors (Lipinski definition) is 1. The highest BCUT2D eigenvalue weighted by Crippen LogP contribution is 2.37. The normalized spacial score (nSPS) is 18.1. The van der Waals surface area contributed by atoms with Gasteiger partial charge in [0.1, 0.15) is 6.04 Å². The third-order valence-corrected chi connectivity index (χ3v) is 2.67. The zero-order chi connectivity index (χ0) is 11.0. The molecule has 0 spiro atoms. The number of imidazole rings is 1. The van der Waals surface area contributed by atoms with Crippen LogP contribution < -0.4 is 0 Å². The van der Waals surface area contributed by atoms with E-state index in [4.69, 9.17) is 5.11 Å². The second kappa shape index (κ2) is 3.66. The van der Waals surface area contributed by atoms with Crippen molar-refractivity contribution in [3.63, 3.8) is 0 Å². The first-order valence-electron chi connectivity index (χ1n) is 5.02. The van der Waals surface area contributed by atoms with E-state index < -0.39 is 12.0 Å². The van der Waals surface area contributed by atoms with Gasteiger partial charge in [-0.25, -0.2) is 4.98 Å². The number of carboxylic acids is 1. The van der Waals surface area contributed by atoms with Gasteiger partial charge in [0.15, 0.2) is 0 Å². The average molecular weight is 209 g/mol. The Labute approximate surface area is 88.3 Å². The van der Waals surface area contributed by atoms with Crippen LogP contribution in [0.5, 0.6) is 0 Å². The second-order valence-electron chi connectivity index (χ2n) is 4.16. The van der Waals surface area contributed by atoms with Crippen molar-refractivity contribution < 1.29 is 9.90 Å². The van der Waals surface area contributed by atoms with Crippen LogP contribution in [-0.4, -0.2) is 39.6 Å². The Bertz CT molecular complexity index is 368. The summed E-state index contributed by atoms with van der Waals surface area (Å²) in [6.07, 6.45) is 5.63. The van der Waals surface area contributed by atoms with Crippen LogP contribution in [0.2, 0.25) is 0 Å². The lowest BCUT2D eigenvalue weighted by molar-refractivity contribution is -0.142. The Morgan fingerprint density at radius 3 is 2.80 bits per heavy atom. The van der Waals surface area contributed by atoms with Gasteiger partial charge in [0.2, 0.25) is 0 Å². The summed E-state index contributed by atoms with van der Waals surface area (Å²) in [5.41, 5.74) is 0.773. The molecule has 1 aliphatic rings. The van der Waals surface area contributed by atoms with E-state index in [1.54, 1.807) is 31.5 Å². The number of hydrogen-bond acceptors (Lipinski definition) is 3. The fraction of sp³-hybridized carbons (Fsp3) is 0.600. The van der Waals surface area contributed by atoms with Crippen molar-refractivity contribution in [2.75, 3.05) is 14.1 Å². The number of carboxylic acid groups (broad SMARTS) is 1. The highest BCUT2D eigenvalue weighted by molar-refractivity contribution is 5.74. The number of nitrogens with zero attached hydrogens (tertiary/aromatic N) is 3. The van der Waals surface area contributed by atoms with E-state index in [9.17, 15) is 4.79 Å². The number of likely N-dealkylation sites (N-methyl/N-ethyl adjacent to an activating group) is 1. The highest BCUT2D eigenvalue weighted by Gasteiger charge is 2.31. The molecule has 1 saturated carbocycles. The topological polar surface area (TPSA) is 58.4 Å². The summed E-state index contributed by atoms with van der Waals surface area (Å²) in [5.74, 6) is -0.831. The van der Waals surface area contributed by atoms with E-state index in [0.717, 1.165) is 18.5 Å². The molecule has 0 aliphatic heterocycles. The van der Waals surface area contributed by atoms with Crippen LogP contribution in [0.15, 0.2) is 12.5 Å². The maximum Gasteiger partial charge on any atom is 0.327 e. The Kier molecular flexibility index (Phi) is 2.48. The molecule has 2 rings (SSSR count). The van der Waals surface area contributed by atoms with Gasteiger partial charge < -0.3 is 9.67 Å². The van der Waals surface area contributed by atoms with E-state index >= 15 is 0 Å². The van der Waals surface area contributed by atoms with Crippen molar-refractivity contribution in [3.8, 4) is 0 Å². The molecular weight excluding hydrogens is 194 g/mol. The summed E-state index contributed by atoms with van der Waals surface area (Å²) >= 11 is 0. The van der Waals surface area contributed by atoms with Crippen molar-refractivity contribution in [2.24, 2.45) is 0 Å². The monoisotopic (exact) mass is 209 g/mol. The second-order valence-corrected chi connectivity index (χ2v) is 4.16. The van der Waals surface area contributed by atoms with E-state index in [1.807, 2.05) is 4.57 Å². The Hall–Kier alpha value is -1.36. The van der Waals surface area contributed by atoms with Crippen molar-refractivity contribution >= 4 is 5.97 Å². The predicted molar refractivity (Wildman–Crippen MR) is 54.6 cm³/mol. The largest absolute Gasteiger partial charge is 0.480 e. The van der Waals surface area contributed by atoms with Gasteiger partial charge in [-0.15, -0.1) is 0 Å². The van der Waals surface area contributed by atoms with Crippen molar-refractivity contribution in [3.05, 3.63) is 18.2 Å². The molecule has 1 N–H and O–H groups in total. The smallest absolute Gasteiger partial charge is 0.327 e. The lowest BCUT2D eigenvalue weighted by atomic mass is 10.2. The number of aromatic nitrogens is 2. The minimum absolute atomic E-state index is 0.462. The third kappa shape index (κ3) is 1.87. The molecular formula is C10H15N3O2. The number of aliphatic carboxylic acids is 1. The van der Waals surface area contributed by atoms with Crippen LogP contribution >= 0.6 is 0 Å². The van der Waals surface area contributed by atoms with Crippen LogP contribution in [0.3, 0.4) is 0 Å². The zero-order valence-corrected chi connectivity index (χ0v) is 8.92. The van der Waals surface area contributed by atoms with Gasteiger partial charge in [-0.1, -0.05) is 0 Å². The summed E-state index contributed by atoms with van der Waals surface area (Å²) in [6, 6.07) is -0.141. The first-order valence-corrected chi connectivity index (χ1v) is 5.02. The van der Waals surface area contributed by atoms with Crippen molar-refractivity contribution in [2.45, 2.75) is 24.9 Å². The molecule has 0 bridgehead atoms. The molecule has 1 aliphatic carbocycles. The maximum absolute atomic E-state index is 11.2. The highest BCUT2D eigenvalue weighted by atomic mass is 16.4. The summed E-state index contributed by atoms with van der Waals surface area (Å²) < 4.78 is 1.98. The fourth-order valence-electron chi connectivity index (χ4n) is 1.80. The van der Waals surface area contributed by atoms with Gasteiger partial charge in [-0.2, -0.15) is 0 Å². The first-order chi connectivity index (χ1) is 7.11. The van der Waals surface area contributed by atoms with E-state index in [2.05, 4.69) is 4.98 Å². The standard InChI is InChI=1S/C10H15N3O2/c1-12(2)9(10(14)15)8-5-11-6-13(8)7-3-4-7/h5-7,9H,3-4H2,1-2H3,(H,14,15). The minimum atomic E-state index is -0.831. The lowest BCUT2D eigenvalue weighted by Crippen LogP contribution is -2.29. The number of carbonyl (C=O) groups is 1. The fourth-order valence-corrected chi connectivity index (χ4v) is 1.80. The van der Waals surface area contributed by atoms with Gasteiger partial charge in [0.25, 0.3) is 0 Å². The van der Waals surface area contributed by atoms with Crippen LogP contribution in [0.25, 0.3) is 0 Å². The summed E-state index contributed by atoms with van der Waals surface area (Å²) in [4.78, 5) is 16.9. The molecule has 1 fully saturated rings. The van der Waals surface area contributed by atoms with Gasteiger partial charge in [0, 0.05) is 6.04 Å². The van der Waals surface area contributed by atoms with Crippen molar-refractivity contribution in [1.29, 1.82) is 0 Å². The first kappa shape index (κ1) is 10.2. The Balaban J connectivity index is 2.32. The van der Waals surface area contributed by atoms with E-state index in [1.165, 1.54) is 0 Å². The van der Waals surface area contributed by atoms with Gasteiger partial charge >= 0.3 is 5.97 Å². The molecule has 0 aromatic carbocycles. The number of rotatable bonds is 4. The SMILES string of the molecule is CN(C)C(C(=O)O)c1cncn1C1CC1. The molecule has 1 heterocycles.